The van der Waals surface area contributed by atoms with Gasteiger partial charge >= 0.3 is 0 Å². The molecule has 0 aliphatic heterocycles. The van der Waals surface area contributed by atoms with Crippen molar-refractivity contribution in [1.29, 1.82) is 0 Å². The SMILES string of the molecule is CC(C)[C@@H](N)C(=O)NCCCn1ccnn1. The maximum Gasteiger partial charge on any atom is 0.237 e. The third-order valence-corrected chi connectivity index (χ3v) is 2.36. The Balaban J connectivity index is 2.13. The van der Waals surface area contributed by atoms with E-state index in [1.165, 1.54) is 0 Å². The maximum absolute atomic E-state index is 11.5. The van der Waals surface area contributed by atoms with E-state index in [4.69, 9.17) is 5.73 Å². The summed E-state index contributed by atoms with van der Waals surface area (Å²) in [7, 11) is 0. The molecule has 6 heteroatoms. The van der Waals surface area contributed by atoms with Gasteiger partial charge in [-0.05, 0) is 12.3 Å². The summed E-state index contributed by atoms with van der Waals surface area (Å²) in [6, 6.07) is -0.425. The Labute approximate surface area is 95.2 Å². The van der Waals surface area contributed by atoms with Gasteiger partial charge in [0.1, 0.15) is 0 Å². The van der Waals surface area contributed by atoms with E-state index >= 15 is 0 Å². The molecule has 0 spiro atoms. The third-order valence-electron chi connectivity index (χ3n) is 2.36. The number of nitrogens with two attached hydrogens (primary N) is 1. The van der Waals surface area contributed by atoms with Crippen molar-refractivity contribution in [2.24, 2.45) is 11.7 Å². The lowest BCUT2D eigenvalue weighted by Crippen LogP contribution is -2.44. The van der Waals surface area contributed by atoms with E-state index in [-0.39, 0.29) is 11.8 Å². The first kappa shape index (κ1) is 12.6. The minimum Gasteiger partial charge on any atom is -0.355 e. The summed E-state index contributed by atoms with van der Waals surface area (Å²) in [5, 5.41) is 10.3. The summed E-state index contributed by atoms with van der Waals surface area (Å²) in [5.74, 6) is 0.0731. The van der Waals surface area contributed by atoms with Gasteiger partial charge in [-0.1, -0.05) is 19.1 Å². The van der Waals surface area contributed by atoms with Gasteiger partial charge in [-0.3, -0.25) is 9.48 Å². The summed E-state index contributed by atoms with van der Waals surface area (Å²) in [6.07, 6.45) is 4.24. The van der Waals surface area contributed by atoms with Gasteiger partial charge < -0.3 is 11.1 Å². The van der Waals surface area contributed by atoms with Crippen LogP contribution in [-0.4, -0.2) is 33.5 Å². The van der Waals surface area contributed by atoms with Gasteiger partial charge in [0.15, 0.2) is 0 Å². The minimum absolute atomic E-state index is 0.0893. The van der Waals surface area contributed by atoms with Gasteiger partial charge in [0.2, 0.25) is 5.91 Å². The number of nitrogens with zero attached hydrogens (tertiary/aromatic N) is 3. The van der Waals surface area contributed by atoms with Crippen LogP contribution >= 0.6 is 0 Å². The fraction of sp³-hybridized carbons (Fsp3) is 0.700. The molecule has 0 radical (unpaired) electrons. The van der Waals surface area contributed by atoms with E-state index in [2.05, 4.69) is 15.6 Å². The van der Waals surface area contributed by atoms with Crippen LogP contribution in [0.1, 0.15) is 20.3 Å². The quantitative estimate of drug-likeness (QED) is 0.655. The average molecular weight is 225 g/mol. The Morgan fingerprint density at radius 3 is 2.88 bits per heavy atom. The van der Waals surface area contributed by atoms with Gasteiger partial charge in [-0.25, -0.2) is 0 Å². The van der Waals surface area contributed by atoms with E-state index in [1.807, 2.05) is 13.8 Å². The Bertz CT molecular complexity index is 309. The van der Waals surface area contributed by atoms with E-state index in [9.17, 15) is 4.79 Å². The van der Waals surface area contributed by atoms with Crippen LogP contribution in [0.4, 0.5) is 0 Å². The largest absolute Gasteiger partial charge is 0.355 e. The van der Waals surface area contributed by atoms with Crippen LogP contribution in [-0.2, 0) is 11.3 Å². The standard InChI is InChI=1S/C10H19N5O/c1-8(2)9(11)10(16)12-4-3-6-15-7-5-13-14-15/h5,7-9H,3-4,6,11H2,1-2H3,(H,12,16)/t9-/m1/s1. The fourth-order valence-electron chi connectivity index (χ4n) is 1.23. The predicted octanol–water partition coefficient (Wildman–Crippen LogP) is -0.232. The Morgan fingerprint density at radius 2 is 2.31 bits per heavy atom. The predicted molar refractivity (Wildman–Crippen MR) is 60.5 cm³/mol. The van der Waals surface area contributed by atoms with Crippen molar-refractivity contribution in [3.05, 3.63) is 12.4 Å². The number of hydrogen-bond acceptors (Lipinski definition) is 4. The van der Waals surface area contributed by atoms with Gasteiger partial charge in [-0.2, -0.15) is 0 Å². The van der Waals surface area contributed by atoms with E-state index in [0.29, 0.717) is 6.54 Å². The second-order valence-electron chi connectivity index (χ2n) is 4.08. The Hall–Kier alpha value is -1.43. The smallest absolute Gasteiger partial charge is 0.237 e. The molecule has 90 valence electrons. The lowest BCUT2D eigenvalue weighted by atomic mass is 10.1. The zero-order valence-corrected chi connectivity index (χ0v) is 9.76. The molecule has 0 fully saturated rings. The molecule has 0 aliphatic carbocycles. The summed E-state index contributed by atoms with van der Waals surface area (Å²) in [4.78, 5) is 11.5. The number of hydrogen-bond donors (Lipinski definition) is 2. The van der Waals surface area contributed by atoms with Crippen molar-refractivity contribution in [2.45, 2.75) is 32.9 Å². The van der Waals surface area contributed by atoms with Crippen LogP contribution in [0.3, 0.4) is 0 Å². The molecular weight excluding hydrogens is 206 g/mol. The van der Waals surface area contributed by atoms with Crippen LogP contribution in [0.2, 0.25) is 0 Å². The van der Waals surface area contributed by atoms with Crippen molar-refractivity contribution in [2.75, 3.05) is 6.54 Å². The lowest BCUT2D eigenvalue weighted by Gasteiger charge is -2.15. The van der Waals surface area contributed by atoms with E-state index < -0.39 is 6.04 Å². The van der Waals surface area contributed by atoms with Crippen molar-refractivity contribution in [3.8, 4) is 0 Å². The highest BCUT2D eigenvalue weighted by molar-refractivity contribution is 5.81. The fourth-order valence-corrected chi connectivity index (χ4v) is 1.23. The van der Waals surface area contributed by atoms with E-state index in [1.54, 1.807) is 17.1 Å². The molecule has 16 heavy (non-hydrogen) atoms. The lowest BCUT2D eigenvalue weighted by molar-refractivity contribution is -0.123. The molecule has 3 N–H and O–H groups in total. The number of aryl methyl sites for hydroxylation is 1. The number of carbonyl (C=O) groups is 1. The number of rotatable bonds is 6. The third kappa shape index (κ3) is 3.98. The first-order valence-corrected chi connectivity index (χ1v) is 5.48. The molecular formula is C10H19N5O. The summed E-state index contributed by atoms with van der Waals surface area (Å²) in [5.41, 5.74) is 5.70. The van der Waals surface area contributed by atoms with Gasteiger partial charge in [0.25, 0.3) is 0 Å². The zero-order valence-electron chi connectivity index (χ0n) is 9.76. The molecule has 6 nitrogen and oxygen atoms in total. The molecule has 0 aliphatic rings. The van der Waals surface area contributed by atoms with Crippen molar-refractivity contribution < 1.29 is 4.79 Å². The van der Waals surface area contributed by atoms with Crippen LogP contribution in [0.25, 0.3) is 0 Å². The van der Waals surface area contributed by atoms with Crippen molar-refractivity contribution in [1.82, 2.24) is 20.3 Å². The van der Waals surface area contributed by atoms with Crippen LogP contribution in [0.15, 0.2) is 12.4 Å². The van der Waals surface area contributed by atoms with E-state index in [0.717, 1.165) is 13.0 Å². The minimum atomic E-state index is -0.425. The highest BCUT2D eigenvalue weighted by Crippen LogP contribution is 1.97. The molecule has 0 saturated carbocycles. The van der Waals surface area contributed by atoms with Crippen molar-refractivity contribution >= 4 is 5.91 Å². The normalized spacial score (nSPS) is 12.8. The molecule has 1 heterocycles. The second kappa shape index (κ2) is 6.22. The summed E-state index contributed by atoms with van der Waals surface area (Å²) < 4.78 is 1.73. The van der Waals surface area contributed by atoms with Gasteiger partial charge in [-0.15, -0.1) is 5.10 Å². The Morgan fingerprint density at radius 1 is 1.56 bits per heavy atom. The number of carbonyl (C=O) groups excluding carboxylic acids is 1. The van der Waals surface area contributed by atoms with Gasteiger partial charge in [0.05, 0.1) is 12.2 Å². The van der Waals surface area contributed by atoms with Crippen molar-refractivity contribution in [3.63, 3.8) is 0 Å². The second-order valence-corrected chi connectivity index (χ2v) is 4.08. The van der Waals surface area contributed by atoms with Crippen LogP contribution < -0.4 is 11.1 Å². The number of aromatic nitrogens is 3. The van der Waals surface area contributed by atoms with Gasteiger partial charge in [0, 0.05) is 19.3 Å². The highest BCUT2D eigenvalue weighted by Gasteiger charge is 2.15. The molecule has 1 aromatic heterocycles. The molecule has 1 rings (SSSR count). The van der Waals surface area contributed by atoms with Crippen LogP contribution in [0.5, 0.6) is 0 Å². The molecule has 1 atom stereocenters. The highest BCUT2D eigenvalue weighted by atomic mass is 16.2. The average Bonchev–Trinajstić information content (AvgIpc) is 2.75. The monoisotopic (exact) mass is 225 g/mol. The first-order chi connectivity index (χ1) is 7.61. The Kier molecular flexibility index (Phi) is 4.91. The number of amides is 1. The first-order valence-electron chi connectivity index (χ1n) is 5.48. The molecule has 1 amide bonds. The number of nitrogens with one attached hydrogen (secondary N) is 1. The molecule has 0 saturated heterocycles. The summed E-state index contributed by atoms with van der Waals surface area (Å²) >= 11 is 0. The maximum atomic E-state index is 11.5. The molecule has 1 aromatic rings. The molecule has 0 aromatic carbocycles. The topological polar surface area (TPSA) is 85.8 Å². The molecule has 0 unspecified atom stereocenters. The van der Waals surface area contributed by atoms with Crippen LogP contribution in [0, 0.1) is 5.92 Å². The zero-order chi connectivity index (χ0) is 12.0. The summed E-state index contributed by atoms with van der Waals surface area (Å²) in [6.45, 7) is 5.22. The molecule has 0 bridgehead atoms.